The Morgan fingerprint density at radius 1 is 1.10 bits per heavy atom. The fourth-order valence-corrected chi connectivity index (χ4v) is 5.08. The molecule has 0 unspecified atom stereocenters. The summed E-state index contributed by atoms with van der Waals surface area (Å²) >= 11 is 3.35. The summed E-state index contributed by atoms with van der Waals surface area (Å²) < 4.78 is 28.0. The number of halogens is 1. The lowest BCUT2D eigenvalue weighted by molar-refractivity contribution is -0.112. The van der Waals surface area contributed by atoms with E-state index in [0.717, 1.165) is 23.7 Å². The zero-order valence-corrected chi connectivity index (χ0v) is 18.0. The highest BCUT2D eigenvalue weighted by atomic mass is 79.9. The second-order valence-electron chi connectivity index (χ2n) is 6.67. The van der Waals surface area contributed by atoms with Gasteiger partial charge in [0.25, 0.3) is 5.91 Å². The molecule has 3 rings (SSSR count). The number of nitrogens with one attached hydrogen (secondary N) is 1. The van der Waals surface area contributed by atoms with Gasteiger partial charge in [-0.2, -0.15) is 9.57 Å². The highest BCUT2D eigenvalue weighted by molar-refractivity contribution is 9.10. The van der Waals surface area contributed by atoms with Crippen LogP contribution in [-0.2, 0) is 14.8 Å². The van der Waals surface area contributed by atoms with Crippen LogP contribution in [0.5, 0.6) is 0 Å². The van der Waals surface area contributed by atoms with Crippen LogP contribution in [0.25, 0.3) is 6.08 Å². The van der Waals surface area contributed by atoms with E-state index in [1.807, 2.05) is 12.1 Å². The number of nitrogens with zero attached hydrogens (tertiary/aromatic N) is 2. The minimum Gasteiger partial charge on any atom is -0.321 e. The van der Waals surface area contributed by atoms with Crippen LogP contribution in [0.2, 0.25) is 0 Å². The van der Waals surface area contributed by atoms with Gasteiger partial charge in [0.05, 0.1) is 4.90 Å². The minimum atomic E-state index is -3.60. The molecule has 0 bridgehead atoms. The standard InChI is InChI=1S/C21H20BrN3O3S/c22-18-7-4-6-16(13-18)12-17(15-23)21(26)24-19-8-5-9-20(14-19)29(27,28)25-10-2-1-3-11-25/h4-9,12-14H,1-3,10-11H2,(H,24,26)/b17-12+. The number of anilines is 1. The summed E-state index contributed by atoms with van der Waals surface area (Å²) in [5.74, 6) is -0.597. The maximum atomic E-state index is 12.8. The monoisotopic (exact) mass is 473 g/mol. The molecule has 8 heteroatoms. The fourth-order valence-electron chi connectivity index (χ4n) is 3.10. The Kier molecular flexibility index (Phi) is 6.85. The van der Waals surface area contributed by atoms with Gasteiger partial charge >= 0.3 is 0 Å². The molecule has 1 amide bonds. The van der Waals surface area contributed by atoms with Crippen LogP contribution < -0.4 is 5.32 Å². The van der Waals surface area contributed by atoms with Crippen molar-refractivity contribution < 1.29 is 13.2 Å². The van der Waals surface area contributed by atoms with Gasteiger partial charge in [0.15, 0.2) is 0 Å². The van der Waals surface area contributed by atoms with Crippen molar-refractivity contribution in [2.45, 2.75) is 24.2 Å². The van der Waals surface area contributed by atoms with Crippen LogP contribution in [0.1, 0.15) is 24.8 Å². The van der Waals surface area contributed by atoms with Crippen molar-refractivity contribution in [1.82, 2.24) is 4.31 Å². The highest BCUT2D eigenvalue weighted by Crippen LogP contribution is 2.23. The summed E-state index contributed by atoms with van der Waals surface area (Å²) in [6.07, 6.45) is 4.21. The molecule has 6 nitrogen and oxygen atoms in total. The highest BCUT2D eigenvalue weighted by Gasteiger charge is 2.26. The number of amides is 1. The predicted molar refractivity (Wildman–Crippen MR) is 115 cm³/mol. The van der Waals surface area contributed by atoms with Crippen LogP contribution >= 0.6 is 15.9 Å². The molecular formula is C21H20BrN3O3S. The summed E-state index contributed by atoms with van der Waals surface area (Å²) in [4.78, 5) is 12.7. The molecule has 1 N–H and O–H groups in total. The number of hydrogen-bond donors (Lipinski definition) is 1. The molecule has 1 fully saturated rings. The van der Waals surface area contributed by atoms with Gasteiger partial charge in [-0.25, -0.2) is 8.42 Å². The normalized spacial score (nSPS) is 15.5. The van der Waals surface area contributed by atoms with Crippen molar-refractivity contribution in [2.75, 3.05) is 18.4 Å². The molecule has 1 saturated heterocycles. The number of sulfonamides is 1. The first-order chi connectivity index (χ1) is 13.9. The van der Waals surface area contributed by atoms with E-state index in [0.29, 0.717) is 24.3 Å². The number of carbonyl (C=O) groups excluding carboxylic acids is 1. The van der Waals surface area contributed by atoms with Gasteiger partial charge in [0, 0.05) is 23.2 Å². The molecule has 0 aromatic heterocycles. The Morgan fingerprint density at radius 2 is 1.83 bits per heavy atom. The third kappa shape index (κ3) is 5.32. The average molecular weight is 474 g/mol. The molecular weight excluding hydrogens is 454 g/mol. The van der Waals surface area contributed by atoms with E-state index in [2.05, 4.69) is 21.2 Å². The molecule has 2 aromatic carbocycles. The zero-order valence-electron chi connectivity index (χ0n) is 15.6. The first-order valence-corrected chi connectivity index (χ1v) is 11.4. The molecule has 0 radical (unpaired) electrons. The van der Waals surface area contributed by atoms with Crippen LogP contribution in [0.3, 0.4) is 0 Å². The van der Waals surface area contributed by atoms with E-state index in [-0.39, 0.29) is 10.5 Å². The SMILES string of the molecule is N#C/C(=C\c1cccc(Br)c1)C(=O)Nc1cccc(S(=O)(=O)N2CCCCC2)c1. The van der Waals surface area contributed by atoms with Gasteiger partial charge in [0.2, 0.25) is 10.0 Å². The number of nitriles is 1. The van der Waals surface area contributed by atoms with Crippen LogP contribution in [-0.4, -0.2) is 31.7 Å². The minimum absolute atomic E-state index is 0.0765. The Hall–Kier alpha value is -2.47. The van der Waals surface area contributed by atoms with Crippen LogP contribution in [0.4, 0.5) is 5.69 Å². The molecule has 0 aliphatic carbocycles. The number of rotatable bonds is 5. The Labute approximate surface area is 179 Å². The lowest BCUT2D eigenvalue weighted by Gasteiger charge is -2.26. The Balaban J connectivity index is 1.80. The molecule has 2 aromatic rings. The number of hydrogen-bond acceptors (Lipinski definition) is 4. The number of piperidine rings is 1. The van der Waals surface area contributed by atoms with Gasteiger partial charge in [-0.3, -0.25) is 4.79 Å². The molecule has 150 valence electrons. The Morgan fingerprint density at radius 3 is 2.52 bits per heavy atom. The molecule has 1 aliphatic heterocycles. The molecule has 0 spiro atoms. The number of carbonyl (C=O) groups is 1. The van der Waals surface area contributed by atoms with Crippen molar-refractivity contribution in [3.8, 4) is 6.07 Å². The quantitative estimate of drug-likeness (QED) is 0.520. The van der Waals surface area contributed by atoms with Crippen molar-refractivity contribution in [2.24, 2.45) is 0 Å². The van der Waals surface area contributed by atoms with Crippen LogP contribution in [0.15, 0.2) is 63.5 Å². The average Bonchev–Trinajstić information content (AvgIpc) is 2.73. The van der Waals surface area contributed by atoms with Crippen molar-refractivity contribution in [3.05, 3.63) is 64.1 Å². The van der Waals surface area contributed by atoms with E-state index < -0.39 is 15.9 Å². The first-order valence-electron chi connectivity index (χ1n) is 9.19. The van der Waals surface area contributed by atoms with Gasteiger partial charge in [-0.1, -0.05) is 40.5 Å². The third-order valence-corrected chi connectivity index (χ3v) is 6.96. The van der Waals surface area contributed by atoms with Crippen molar-refractivity contribution in [1.29, 1.82) is 5.26 Å². The van der Waals surface area contributed by atoms with E-state index in [1.165, 1.54) is 22.5 Å². The van der Waals surface area contributed by atoms with Crippen LogP contribution in [0, 0.1) is 11.3 Å². The van der Waals surface area contributed by atoms with E-state index in [4.69, 9.17) is 0 Å². The van der Waals surface area contributed by atoms with Crippen molar-refractivity contribution in [3.63, 3.8) is 0 Å². The van der Waals surface area contributed by atoms with Gasteiger partial charge in [-0.15, -0.1) is 0 Å². The second-order valence-corrected chi connectivity index (χ2v) is 9.53. The largest absolute Gasteiger partial charge is 0.321 e. The summed E-state index contributed by atoms with van der Waals surface area (Å²) in [5, 5.41) is 12.0. The first kappa shape index (κ1) is 21.2. The van der Waals surface area contributed by atoms with Gasteiger partial charge < -0.3 is 5.32 Å². The number of benzene rings is 2. The van der Waals surface area contributed by atoms with E-state index in [1.54, 1.807) is 30.3 Å². The smallest absolute Gasteiger partial charge is 0.266 e. The lowest BCUT2D eigenvalue weighted by atomic mass is 10.1. The van der Waals surface area contributed by atoms with Gasteiger partial charge in [0.1, 0.15) is 11.6 Å². The summed E-state index contributed by atoms with van der Waals surface area (Å²) in [5.41, 5.74) is 0.948. The maximum absolute atomic E-state index is 12.8. The third-order valence-electron chi connectivity index (χ3n) is 4.57. The predicted octanol–water partition coefficient (Wildman–Crippen LogP) is 4.17. The van der Waals surface area contributed by atoms with E-state index in [9.17, 15) is 18.5 Å². The van der Waals surface area contributed by atoms with Crippen molar-refractivity contribution >= 4 is 43.6 Å². The summed E-state index contributed by atoms with van der Waals surface area (Å²) in [6.45, 7) is 1.01. The van der Waals surface area contributed by atoms with Gasteiger partial charge in [-0.05, 0) is 54.8 Å². The zero-order chi connectivity index (χ0) is 20.9. The summed E-state index contributed by atoms with van der Waals surface area (Å²) in [6, 6.07) is 15.2. The van der Waals surface area contributed by atoms with E-state index >= 15 is 0 Å². The topological polar surface area (TPSA) is 90.3 Å². The summed E-state index contributed by atoms with van der Waals surface area (Å²) in [7, 11) is -3.60. The molecule has 0 saturated carbocycles. The maximum Gasteiger partial charge on any atom is 0.266 e. The second kappa shape index (κ2) is 9.35. The lowest BCUT2D eigenvalue weighted by Crippen LogP contribution is -2.35. The fraction of sp³-hybridized carbons (Fsp3) is 0.238. The molecule has 1 aliphatic rings. The molecule has 29 heavy (non-hydrogen) atoms. The molecule has 1 heterocycles. The Bertz CT molecular complexity index is 1080. The molecule has 0 atom stereocenters.